The Labute approximate surface area is 95.9 Å². The third-order valence-electron chi connectivity index (χ3n) is 3.07. The molecule has 1 N–H and O–H groups in total. The van der Waals surface area contributed by atoms with Crippen molar-refractivity contribution in [2.24, 2.45) is 0 Å². The van der Waals surface area contributed by atoms with E-state index in [1.54, 1.807) is 6.20 Å². The third kappa shape index (κ3) is 2.38. The fourth-order valence-corrected chi connectivity index (χ4v) is 2.12. The topological polar surface area (TPSA) is 52.0 Å². The van der Waals surface area contributed by atoms with Crippen LogP contribution < -0.4 is 5.32 Å². The SMILES string of the molecule is CNC1CCN(Cc2cccnc2C#N)C1. The molecule has 2 heterocycles. The zero-order valence-electron chi connectivity index (χ0n) is 9.48. The summed E-state index contributed by atoms with van der Waals surface area (Å²) in [7, 11) is 2.00. The van der Waals surface area contributed by atoms with Crippen molar-refractivity contribution in [2.45, 2.75) is 19.0 Å². The van der Waals surface area contributed by atoms with Crippen molar-refractivity contribution in [3.63, 3.8) is 0 Å². The first kappa shape index (κ1) is 11.1. The molecule has 0 saturated carbocycles. The van der Waals surface area contributed by atoms with Gasteiger partial charge in [0.1, 0.15) is 11.8 Å². The van der Waals surface area contributed by atoms with Crippen LogP contribution in [0.2, 0.25) is 0 Å². The first-order valence-corrected chi connectivity index (χ1v) is 5.57. The van der Waals surface area contributed by atoms with Crippen LogP contribution in [0.15, 0.2) is 18.3 Å². The van der Waals surface area contributed by atoms with Crippen molar-refractivity contribution >= 4 is 0 Å². The normalized spacial score (nSPS) is 20.9. The lowest BCUT2D eigenvalue weighted by molar-refractivity contribution is 0.322. The maximum Gasteiger partial charge on any atom is 0.144 e. The number of hydrogen-bond acceptors (Lipinski definition) is 4. The highest BCUT2D eigenvalue weighted by molar-refractivity contribution is 5.30. The lowest BCUT2D eigenvalue weighted by Gasteiger charge is -2.16. The number of rotatable bonds is 3. The minimum atomic E-state index is 0.551. The number of likely N-dealkylation sites (tertiary alicyclic amines) is 1. The van der Waals surface area contributed by atoms with Crippen LogP contribution in [0, 0.1) is 11.3 Å². The number of pyridine rings is 1. The van der Waals surface area contributed by atoms with E-state index in [4.69, 9.17) is 5.26 Å². The lowest BCUT2D eigenvalue weighted by Crippen LogP contribution is -2.29. The minimum absolute atomic E-state index is 0.551. The number of nitriles is 1. The average Bonchev–Trinajstić information content (AvgIpc) is 2.77. The maximum atomic E-state index is 8.95. The molecule has 16 heavy (non-hydrogen) atoms. The Hall–Kier alpha value is -1.44. The van der Waals surface area contributed by atoms with Crippen LogP contribution in [0.4, 0.5) is 0 Å². The Bertz CT molecular complexity index is 396. The fraction of sp³-hybridized carbons (Fsp3) is 0.500. The molecule has 1 fully saturated rings. The molecule has 0 aliphatic carbocycles. The Morgan fingerprint density at radius 1 is 1.69 bits per heavy atom. The summed E-state index contributed by atoms with van der Waals surface area (Å²) >= 11 is 0. The number of nitrogens with one attached hydrogen (secondary N) is 1. The van der Waals surface area contributed by atoms with Gasteiger partial charge in [-0.3, -0.25) is 4.90 Å². The van der Waals surface area contributed by atoms with Gasteiger partial charge in [0.2, 0.25) is 0 Å². The maximum absolute atomic E-state index is 8.95. The van der Waals surface area contributed by atoms with E-state index in [1.165, 1.54) is 6.42 Å². The lowest BCUT2D eigenvalue weighted by atomic mass is 10.2. The Morgan fingerprint density at radius 2 is 2.56 bits per heavy atom. The molecule has 2 rings (SSSR count). The highest BCUT2D eigenvalue weighted by Gasteiger charge is 2.21. The molecule has 0 aromatic carbocycles. The van der Waals surface area contributed by atoms with Crippen molar-refractivity contribution in [3.8, 4) is 6.07 Å². The second kappa shape index (κ2) is 5.06. The molecule has 1 atom stereocenters. The standard InChI is InChI=1S/C12H16N4/c1-14-11-4-6-16(9-11)8-10-3-2-5-15-12(10)7-13/h2-3,5,11,14H,4,6,8-9H2,1H3. The zero-order chi connectivity index (χ0) is 11.4. The fourth-order valence-electron chi connectivity index (χ4n) is 2.12. The summed E-state index contributed by atoms with van der Waals surface area (Å²) in [5, 5.41) is 12.2. The summed E-state index contributed by atoms with van der Waals surface area (Å²) in [5.74, 6) is 0. The molecule has 1 saturated heterocycles. The molecule has 0 bridgehead atoms. The van der Waals surface area contributed by atoms with E-state index in [-0.39, 0.29) is 0 Å². The van der Waals surface area contributed by atoms with Gasteiger partial charge in [-0.05, 0) is 19.5 Å². The van der Waals surface area contributed by atoms with E-state index < -0.39 is 0 Å². The van der Waals surface area contributed by atoms with Crippen LogP contribution in [0.5, 0.6) is 0 Å². The number of aromatic nitrogens is 1. The van der Waals surface area contributed by atoms with Gasteiger partial charge in [0.25, 0.3) is 0 Å². The molecule has 1 aliphatic heterocycles. The van der Waals surface area contributed by atoms with E-state index in [9.17, 15) is 0 Å². The van der Waals surface area contributed by atoms with Gasteiger partial charge in [0.05, 0.1) is 0 Å². The minimum Gasteiger partial charge on any atom is -0.316 e. The van der Waals surface area contributed by atoms with Crippen molar-refractivity contribution in [3.05, 3.63) is 29.6 Å². The molecule has 0 radical (unpaired) electrons. The summed E-state index contributed by atoms with van der Waals surface area (Å²) < 4.78 is 0. The monoisotopic (exact) mass is 216 g/mol. The van der Waals surface area contributed by atoms with Crippen molar-refractivity contribution < 1.29 is 0 Å². The van der Waals surface area contributed by atoms with E-state index >= 15 is 0 Å². The van der Waals surface area contributed by atoms with E-state index in [0.29, 0.717) is 11.7 Å². The van der Waals surface area contributed by atoms with Crippen LogP contribution in [-0.4, -0.2) is 36.1 Å². The van der Waals surface area contributed by atoms with Crippen LogP contribution >= 0.6 is 0 Å². The molecule has 1 aromatic rings. The van der Waals surface area contributed by atoms with Crippen LogP contribution in [0.1, 0.15) is 17.7 Å². The van der Waals surface area contributed by atoms with Gasteiger partial charge in [-0.2, -0.15) is 5.26 Å². The summed E-state index contributed by atoms with van der Waals surface area (Å²) in [6.45, 7) is 2.97. The van der Waals surface area contributed by atoms with Gasteiger partial charge in [-0.1, -0.05) is 6.07 Å². The molecule has 1 aromatic heterocycles. The molecule has 1 unspecified atom stereocenters. The van der Waals surface area contributed by atoms with Crippen molar-refractivity contribution in [2.75, 3.05) is 20.1 Å². The van der Waals surface area contributed by atoms with E-state index in [2.05, 4.69) is 21.3 Å². The second-order valence-electron chi connectivity index (χ2n) is 4.13. The molecule has 4 nitrogen and oxygen atoms in total. The Balaban J connectivity index is 2.02. The van der Waals surface area contributed by atoms with E-state index in [1.807, 2.05) is 19.2 Å². The second-order valence-corrected chi connectivity index (χ2v) is 4.13. The third-order valence-corrected chi connectivity index (χ3v) is 3.07. The summed E-state index contributed by atoms with van der Waals surface area (Å²) in [5.41, 5.74) is 1.58. The average molecular weight is 216 g/mol. The predicted octanol–water partition coefficient (Wildman–Crippen LogP) is 0.747. The molecule has 84 valence electrons. The van der Waals surface area contributed by atoms with Crippen molar-refractivity contribution in [1.29, 1.82) is 5.26 Å². The molecule has 0 spiro atoms. The predicted molar refractivity (Wildman–Crippen MR) is 61.7 cm³/mol. The summed E-state index contributed by atoms with van der Waals surface area (Å²) in [6.07, 6.45) is 2.85. The van der Waals surface area contributed by atoms with Gasteiger partial charge >= 0.3 is 0 Å². The number of hydrogen-bond donors (Lipinski definition) is 1. The van der Waals surface area contributed by atoms with Crippen LogP contribution in [-0.2, 0) is 6.54 Å². The largest absolute Gasteiger partial charge is 0.316 e. The Kier molecular flexibility index (Phi) is 3.50. The molecule has 1 aliphatic rings. The quantitative estimate of drug-likeness (QED) is 0.810. The van der Waals surface area contributed by atoms with Crippen molar-refractivity contribution in [1.82, 2.24) is 15.2 Å². The van der Waals surface area contributed by atoms with Gasteiger partial charge in [-0.25, -0.2) is 4.98 Å². The van der Waals surface area contributed by atoms with E-state index in [0.717, 1.165) is 25.2 Å². The molecule has 0 amide bonds. The zero-order valence-corrected chi connectivity index (χ0v) is 9.48. The highest BCUT2D eigenvalue weighted by Crippen LogP contribution is 2.14. The van der Waals surface area contributed by atoms with Gasteiger partial charge in [0.15, 0.2) is 0 Å². The summed E-state index contributed by atoms with van der Waals surface area (Å²) in [4.78, 5) is 6.44. The van der Waals surface area contributed by atoms with Gasteiger partial charge < -0.3 is 5.32 Å². The first-order valence-electron chi connectivity index (χ1n) is 5.57. The van der Waals surface area contributed by atoms with Crippen LogP contribution in [0.3, 0.4) is 0 Å². The Morgan fingerprint density at radius 3 is 3.25 bits per heavy atom. The van der Waals surface area contributed by atoms with Gasteiger partial charge in [0, 0.05) is 37.4 Å². The molecular weight excluding hydrogens is 200 g/mol. The number of likely N-dealkylation sites (N-methyl/N-ethyl adjacent to an activating group) is 1. The summed E-state index contributed by atoms with van der Waals surface area (Å²) in [6, 6.07) is 6.60. The molecule has 4 heteroatoms. The number of nitrogens with zero attached hydrogens (tertiary/aromatic N) is 3. The van der Waals surface area contributed by atoms with Crippen LogP contribution in [0.25, 0.3) is 0 Å². The first-order chi connectivity index (χ1) is 7.83. The van der Waals surface area contributed by atoms with Gasteiger partial charge in [-0.15, -0.1) is 0 Å². The molecular formula is C12H16N4. The highest BCUT2D eigenvalue weighted by atomic mass is 15.2. The smallest absolute Gasteiger partial charge is 0.144 e.